The van der Waals surface area contributed by atoms with Gasteiger partial charge in [-0.05, 0) is 6.42 Å². The Hall–Kier alpha value is -1.63. The second-order valence-electron chi connectivity index (χ2n) is 3.37. The molecule has 1 heterocycles. The molecule has 1 aliphatic heterocycles. The number of rotatable bonds is 4. The number of nitrogens with two attached hydrogens (primary N) is 1. The number of nitrogens with one attached hydrogen (secondary N) is 2. The van der Waals surface area contributed by atoms with Gasteiger partial charge in [0.25, 0.3) is 0 Å². The zero-order valence-corrected chi connectivity index (χ0v) is 8.03. The Balaban J connectivity index is 2.42. The van der Waals surface area contributed by atoms with Gasteiger partial charge in [-0.25, -0.2) is 4.79 Å². The van der Waals surface area contributed by atoms with Crippen molar-refractivity contribution in [2.24, 2.45) is 5.73 Å². The molecule has 0 aliphatic carbocycles. The number of hydrogen-bond donors (Lipinski definition) is 4. The van der Waals surface area contributed by atoms with E-state index in [1.54, 1.807) is 0 Å². The quantitative estimate of drug-likeness (QED) is 0.423. The number of aliphatic carboxylic acids is 1. The fourth-order valence-electron chi connectivity index (χ4n) is 1.34. The van der Waals surface area contributed by atoms with Crippen molar-refractivity contribution in [2.75, 3.05) is 6.54 Å². The molecule has 1 fully saturated rings. The topological polar surface area (TPSA) is 122 Å². The Bertz CT molecular complexity index is 292. The molecule has 0 radical (unpaired) electrons. The summed E-state index contributed by atoms with van der Waals surface area (Å²) in [6.45, 7) is 0.157. The van der Waals surface area contributed by atoms with Gasteiger partial charge in [-0.3, -0.25) is 9.59 Å². The number of carboxylic acid groups (broad SMARTS) is 1. The van der Waals surface area contributed by atoms with Crippen molar-refractivity contribution in [1.29, 1.82) is 0 Å². The minimum absolute atomic E-state index is 0.100. The molecule has 0 saturated carbocycles. The number of carboxylic acids is 1. The highest BCUT2D eigenvalue weighted by Gasteiger charge is 2.30. The van der Waals surface area contributed by atoms with Gasteiger partial charge in [0.2, 0.25) is 11.8 Å². The molecule has 0 spiro atoms. The molecule has 7 nitrogen and oxygen atoms in total. The van der Waals surface area contributed by atoms with E-state index in [4.69, 9.17) is 10.8 Å². The Morgan fingerprint density at radius 2 is 2.20 bits per heavy atom. The van der Waals surface area contributed by atoms with E-state index in [0.717, 1.165) is 0 Å². The molecule has 0 aromatic carbocycles. The first-order valence-electron chi connectivity index (χ1n) is 4.55. The standard InChI is InChI=1S/C8H13N3O4/c9-6(12)2-1-4-7(13)11-5(3-10-4)8(14)15/h4-5,10H,1-3H2,(H2,9,12)(H,11,13)(H,14,15). The molecule has 2 unspecified atom stereocenters. The Kier molecular flexibility index (Phi) is 3.62. The summed E-state index contributed by atoms with van der Waals surface area (Å²) in [4.78, 5) is 32.4. The van der Waals surface area contributed by atoms with Crippen LogP contribution in [-0.4, -0.2) is 41.5 Å². The van der Waals surface area contributed by atoms with Gasteiger partial charge in [0.05, 0.1) is 6.04 Å². The third-order valence-electron chi connectivity index (χ3n) is 2.18. The molecule has 1 rings (SSSR count). The fourth-order valence-corrected chi connectivity index (χ4v) is 1.34. The van der Waals surface area contributed by atoms with E-state index in [-0.39, 0.29) is 19.4 Å². The summed E-state index contributed by atoms with van der Waals surface area (Å²) in [7, 11) is 0. The molecule has 5 N–H and O–H groups in total. The molecule has 15 heavy (non-hydrogen) atoms. The van der Waals surface area contributed by atoms with Crippen molar-refractivity contribution in [3.63, 3.8) is 0 Å². The fraction of sp³-hybridized carbons (Fsp3) is 0.625. The Morgan fingerprint density at radius 1 is 1.53 bits per heavy atom. The molecular weight excluding hydrogens is 202 g/mol. The van der Waals surface area contributed by atoms with Gasteiger partial charge in [-0.15, -0.1) is 0 Å². The lowest BCUT2D eigenvalue weighted by molar-refractivity contribution is -0.143. The number of hydrogen-bond acceptors (Lipinski definition) is 4. The van der Waals surface area contributed by atoms with Crippen molar-refractivity contribution >= 4 is 17.8 Å². The summed E-state index contributed by atoms with van der Waals surface area (Å²) < 4.78 is 0. The highest BCUT2D eigenvalue weighted by molar-refractivity contribution is 5.88. The van der Waals surface area contributed by atoms with Crippen LogP contribution in [0.4, 0.5) is 0 Å². The van der Waals surface area contributed by atoms with Crippen molar-refractivity contribution < 1.29 is 19.5 Å². The van der Waals surface area contributed by atoms with Gasteiger partial charge in [0.15, 0.2) is 0 Å². The number of piperazine rings is 1. The van der Waals surface area contributed by atoms with Crippen LogP contribution < -0.4 is 16.4 Å². The monoisotopic (exact) mass is 215 g/mol. The van der Waals surface area contributed by atoms with E-state index in [9.17, 15) is 14.4 Å². The summed E-state index contributed by atoms with van der Waals surface area (Å²) >= 11 is 0. The van der Waals surface area contributed by atoms with Crippen LogP contribution >= 0.6 is 0 Å². The first-order chi connectivity index (χ1) is 7.00. The minimum atomic E-state index is -1.08. The van der Waals surface area contributed by atoms with Gasteiger partial charge < -0.3 is 21.5 Å². The van der Waals surface area contributed by atoms with Crippen molar-refractivity contribution in [2.45, 2.75) is 24.9 Å². The van der Waals surface area contributed by atoms with Crippen LogP contribution in [0.1, 0.15) is 12.8 Å². The van der Waals surface area contributed by atoms with Crippen molar-refractivity contribution in [3.05, 3.63) is 0 Å². The summed E-state index contributed by atoms with van der Waals surface area (Å²) in [5.41, 5.74) is 4.94. The van der Waals surface area contributed by atoms with Crippen LogP contribution in [0, 0.1) is 0 Å². The van der Waals surface area contributed by atoms with Gasteiger partial charge in [0.1, 0.15) is 6.04 Å². The molecule has 2 amide bonds. The predicted molar refractivity (Wildman–Crippen MR) is 49.8 cm³/mol. The van der Waals surface area contributed by atoms with E-state index in [1.807, 2.05) is 0 Å². The number of primary amides is 1. The lowest BCUT2D eigenvalue weighted by Gasteiger charge is -2.27. The van der Waals surface area contributed by atoms with Crippen LogP contribution in [0.3, 0.4) is 0 Å². The molecular formula is C8H13N3O4. The first-order valence-corrected chi connectivity index (χ1v) is 4.55. The highest BCUT2D eigenvalue weighted by atomic mass is 16.4. The second kappa shape index (κ2) is 4.74. The number of carbonyl (C=O) groups excluding carboxylic acids is 2. The van der Waals surface area contributed by atoms with Gasteiger partial charge in [-0.1, -0.05) is 0 Å². The van der Waals surface area contributed by atoms with Gasteiger partial charge >= 0.3 is 5.97 Å². The van der Waals surface area contributed by atoms with E-state index in [2.05, 4.69) is 10.6 Å². The third-order valence-corrected chi connectivity index (χ3v) is 2.18. The molecule has 0 aromatic rings. The summed E-state index contributed by atoms with van der Waals surface area (Å²) in [5.74, 6) is -1.97. The summed E-state index contributed by atoms with van der Waals surface area (Å²) in [6, 6.07) is -1.43. The maximum absolute atomic E-state index is 11.3. The van der Waals surface area contributed by atoms with E-state index in [1.165, 1.54) is 0 Å². The molecule has 2 atom stereocenters. The molecule has 0 bridgehead atoms. The largest absolute Gasteiger partial charge is 0.480 e. The zero-order valence-electron chi connectivity index (χ0n) is 8.03. The molecule has 1 aliphatic rings. The minimum Gasteiger partial charge on any atom is -0.480 e. The van der Waals surface area contributed by atoms with Crippen molar-refractivity contribution in [1.82, 2.24) is 10.6 Å². The summed E-state index contributed by atoms with van der Waals surface area (Å²) in [6.07, 6.45) is 0.385. The maximum Gasteiger partial charge on any atom is 0.327 e. The molecule has 7 heteroatoms. The van der Waals surface area contributed by atoms with Crippen LogP contribution in [0.15, 0.2) is 0 Å². The smallest absolute Gasteiger partial charge is 0.327 e. The maximum atomic E-state index is 11.3. The predicted octanol–water partition coefficient (Wildman–Crippen LogP) is -2.21. The highest BCUT2D eigenvalue weighted by Crippen LogP contribution is 2.02. The number of carbonyl (C=O) groups is 3. The normalized spacial score (nSPS) is 25.7. The second-order valence-corrected chi connectivity index (χ2v) is 3.37. The summed E-state index contributed by atoms with van der Waals surface area (Å²) in [5, 5.41) is 13.7. The molecule has 84 valence electrons. The average molecular weight is 215 g/mol. The molecule has 1 saturated heterocycles. The SMILES string of the molecule is NC(=O)CCC1NCC(C(=O)O)NC1=O. The van der Waals surface area contributed by atoms with Crippen LogP contribution in [0.5, 0.6) is 0 Å². The van der Waals surface area contributed by atoms with E-state index >= 15 is 0 Å². The average Bonchev–Trinajstić information content (AvgIpc) is 2.15. The molecule has 0 aromatic heterocycles. The van der Waals surface area contributed by atoms with Crippen LogP contribution in [0.25, 0.3) is 0 Å². The van der Waals surface area contributed by atoms with Crippen molar-refractivity contribution in [3.8, 4) is 0 Å². The van der Waals surface area contributed by atoms with E-state index in [0.29, 0.717) is 0 Å². The van der Waals surface area contributed by atoms with Gasteiger partial charge in [0, 0.05) is 13.0 Å². The Morgan fingerprint density at radius 3 is 2.67 bits per heavy atom. The third kappa shape index (κ3) is 3.21. The lowest BCUT2D eigenvalue weighted by Crippen LogP contribution is -2.60. The van der Waals surface area contributed by atoms with Gasteiger partial charge in [-0.2, -0.15) is 0 Å². The zero-order chi connectivity index (χ0) is 11.4. The Labute approximate surface area is 86.0 Å². The van der Waals surface area contributed by atoms with Crippen LogP contribution in [-0.2, 0) is 14.4 Å². The van der Waals surface area contributed by atoms with E-state index < -0.39 is 29.9 Å². The first kappa shape index (κ1) is 11.4. The van der Waals surface area contributed by atoms with Crippen LogP contribution in [0.2, 0.25) is 0 Å². The number of amides is 2. The lowest BCUT2D eigenvalue weighted by atomic mass is 10.1.